The maximum Gasteiger partial charge on any atom is 0.146 e. The molecular formula is C15H15FN4. The molecule has 0 aliphatic carbocycles. The molecule has 3 rings (SSSR count). The first kappa shape index (κ1) is 12.5. The number of para-hydroxylation sites is 1. The van der Waals surface area contributed by atoms with Crippen molar-refractivity contribution in [2.24, 2.45) is 0 Å². The molecular weight excluding hydrogens is 255 g/mol. The van der Waals surface area contributed by atoms with Gasteiger partial charge < -0.3 is 10.6 Å². The van der Waals surface area contributed by atoms with E-state index in [4.69, 9.17) is 5.73 Å². The van der Waals surface area contributed by atoms with Crippen LogP contribution in [0, 0.1) is 5.82 Å². The Hall–Kier alpha value is -2.56. The van der Waals surface area contributed by atoms with E-state index in [2.05, 4.69) is 10.2 Å². The Morgan fingerprint density at radius 1 is 1.25 bits per heavy atom. The lowest BCUT2D eigenvalue weighted by molar-refractivity contribution is 0.626. The van der Waals surface area contributed by atoms with Gasteiger partial charge >= 0.3 is 0 Å². The van der Waals surface area contributed by atoms with Crippen molar-refractivity contribution in [3.8, 4) is 0 Å². The van der Waals surface area contributed by atoms with Crippen molar-refractivity contribution in [1.82, 2.24) is 10.2 Å². The minimum Gasteiger partial charge on any atom is -0.397 e. The van der Waals surface area contributed by atoms with E-state index >= 15 is 0 Å². The van der Waals surface area contributed by atoms with Crippen molar-refractivity contribution in [3.05, 3.63) is 48.4 Å². The molecule has 0 bridgehead atoms. The smallest absolute Gasteiger partial charge is 0.146 e. The highest BCUT2D eigenvalue weighted by Gasteiger charge is 2.15. The molecule has 0 radical (unpaired) electrons. The number of aromatic nitrogens is 2. The molecule has 5 heteroatoms. The summed E-state index contributed by atoms with van der Waals surface area (Å²) in [6, 6.07) is 10.4. The Balaban J connectivity index is 2.16. The average Bonchev–Trinajstić information content (AvgIpc) is 2.89. The van der Waals surface area contributed by atoms with E-state index in [1.807, 2.05) is 30.0 Å². The van der Waals surface area contributed by atoms with E-state index < -0.39 is 0 Å². The number of hydrogen-bond acceptors (Lipinski definition) is 3. The second-order valence-electron chi connectivity index (χ2n) is 4.56. The molecule has 102 valence electrons. The average molecular weight is 270 g/mol. The van der Waals surface area contributed by atoms with Crippen LogP contribution in [0.15, 0.2) is 42.6 Å². The molecule has 3 N–H and O–H groups in total. The molecule has 0 saturated carbocycles. The number of fused-ring (bicyclic) bond motifs is 1. The zero-order chi connectivity index (χ0) is 14.1. The number of nitrogens with one attached hydrogen (secondary N) is 1. The summed E-state index contributed by atoms with van der Waals surface area (Å²) < 4.78 is 14.0. The molecule has 0 unspecified atom stereocenters. The molecule has 0 aliphatic heterocycles. The van der Waals surface area contributed by atoms with Gasteiger partial charge in [-0.2, -0.15) is 5.10 Å². The summed E-state index contributed by atoms with van der Waals surface area (Å²) in [4.78, 5) is 1.85. The number of aromatic amines is 1. The lowest BCUT2D eigenvalue weighted by atomic mass is 10.1. The minimum absolute atomic E-state index is 0.265. The van der Waals surface area contributed by atoms with Crippen molar-refractivity contribution >= 4 is 28.0 Å². The topological polar surface area (TPSA) is 57.9 Å². The number of nitrogens with two attached hydrogens (primary N) is 1. The van der Waals surface area contributed by atoms with Crippen LogP contribution in [0.1, 0.15) is 6.92 Å². The summed E-state index contributed by atoms with van der Waals surface area (Å²) in [6.07, 6.45) is 1.72. The second-order valence-corrected chi connectivity index (χ2v) is 4.56. The first-order valence-electron chi connectivity index (χ1n) is 6.45. The number of anilines is 3. The van der Waals surface area contributed by atoms with Gasteiger partial charge in [-0.3, -0.25) is 5.10 Å². The van der Waals surface area contributed by atoms with Crippen LogP contribution in [-0.4, -0.2) is 16.7 Å². The predicted octanol–water partition coefficient (Wildman–Crippen LogP) is 3.44. The number of nitrogens with zero attached hydrogens (tertiary/aromatic N) is 2. The van der Waals surface area contributed by atoms with Gasteiger partial charge in [0.1, 0.15) is 5.82 Å². The lowest BCUT2D eigenvalue weighted by Crippen LogP contribution is -2.18. The molecule has 4 nitrogen and oxygen atoms in total. The molecule has 0 amide bonds. The van der Waals surface area contributed by atoms with Crippen LogP contribution in [0.5, 0.6) is 0 Å². The maximum atomic E-state index is 14.0. The molecule has 0 atom stereocenters. The summed E-state index contributed by atoms with van der Waals surface area (Å²) in [5, 5.41) is 7.83. The highest BCUT2D eigenvalue weighted by Crippen LogP contribution is 2.34. The molecule has 0 spiro atoms. The predicted molar refractivity (Wildman–Crippen MR) is 79.6 cm³/mol. The number of hydrogen-bond donors (Lipinski definition) is 2. The normalized spacial score (nSPS) is 10.9. The zero-order valence-corrected chi connectivity index (χ0v) is 11.1. The van der Waals surface area contributed by atoms with Crippen molar-refractivity contribution in [2.45, 2.75) is 6.92 Å². The lowest BCUT2D eigenvalue weighted by Gasteiger charge is -2.25. The number of rotatable bonds is 3. The number of benzene rings is 2. The molecule has 0 saturated heterocycles. The quantitative estimate of drug-likeness (QED) is 0.717. The molecule has 2 aromatic carbocycles. The number of halogens is 1. The van der Waals surface area contributed by atoms with Crippen molar-refractivity contribution in [2.75, 3.05) is 17.2 Å². The van der Waals surface area contributed by atoms with Crippen LogP contribution in [0.2, 0.25) is 0 Å². The van der Waals surface area contributed by atoms with Gasteiger partial charge in [0.2, 0.25) is 0 Å². The number of H-pyrrole nitrogens is 1. The Kier molecular flexibility index (Phi) is 3.02. The maximum absolute atomic E-state index is 14.0. The summed E-state index contributed by atoms with van der Waals surface area (Å²) >= 11 is 0. The zero-order valence-electron chi connectivity index (χ0n) is 11.1. The summed E-state index contributed by atoms with van der Waals surface area (Å²) in [5.41, 5.74) is 8.87. The van der Waals surface area contributed by atoms with E-state index in [1.165, 1.54) is 6.07 Å². The fourth-order valence-electron chi connectivity index (χ4n) is 2.37. The van der Waals surface area contributed by atoms with Crippen LogP contribution in [-0.2, 0) is 0 Å². The van der Waals surface area contributed by atoms with E-state index in [9.17, 15) is 4.39 Å². The van der Waals surface area contributed by atoms with Crippen LogP contribution in [0.4, 0.5) is 21.5 Å². The Bertz CT molecular complexity index is 750. The van der Waals surface area contributed by atoms with Crippen molar-refractivity contribution in [1.29, 1.82) is 0 Å². The standard InChI is InChI=1S/C15H15FN4/c1-2-20(14-6-4-3-5-11(14)16)15-8-13-10(7-12(15)17)9-18-19-13/h3-9H,2,17H2,1H3,(H,18,19). The first-order chi connectivity index (χ1) is 9.70. The van der Waals surface area contributed by atoms with Crippen molar-refractivity contribution < 1.29 is 4.39 Å². The molecule has 20 heavy (non-hydrogen) atoms. The van der Waals surface area contributed by atoms with Gasteiger partial charge in [-0.25, -0.2) is 4.39 Å². The second kappa shape index (κ2) is 4.85. The van der Waals surface area contributed by atoms with Crippen LogP contribution in [0.25, 0.3) is 10.9 Å². The van der Waals surface area contributed by atoms with E-state index in [0.717, 1.165) is 16.6 Å². The third-order valence-electron chi connectivity index (χ3n) is 3.34. The fraction of sp³-hybridized carbons (Fsp3) is 0.133. The van der Waals surface area contributed by atoms with Crippen LogP contribution < -0.4 is 10.6 Å². The first-order valence-corrected chi connectivity index (χ1v) is 6.45. The Morgan fingerprint density at radius 2 is 2.05 bits per heavy atom. The Morgan fingerprint density at radius 3 is 2.80 bits per heavy atom. The minimum atomic E-state index is -0.265. The highest BCUT2D eigenvalue weighted by atomic mass is 19.1. The molecule has 3 aromatic rings. The van der Waals surface area contributed by atoms with Gasteiger partial charge in [-0.15, -0.1) is 0 Å². The third-order valence-corrected chi connectivity index (χ3v) is 3.34. The van der Waals surface area contributed by atoms with Gasteiger partial charge in [0.05, 0.1) is 28.8 Å². The third kappa shape index (κ3) is 1.97. The van der Waals surface area contributed by atoms with Gasteiger partial charge in [0.15, 0.2) is 0 Å². The van der Waals surface area contributed by atoms with E-state index in [0.29, 0.717) is 17.9 Å². The van der Waals surface area contributed by atoms with E-state index in [-0.39, 0.29) is 5.82 Å². The largest absolute Gasteiger partial charge is 0.397 e. The number of nitrogen functional groups attached to an aromatic ring is 1. The molecule has 0 aliphatic rings. The molecule has 0 fully saturated rings. The van der Waals surface area contributed by atoms with Crippen LogP contribution >= 0.6 is 0 Å². The highest BCUT2D eigenvalue weighted by molar-refractivity contribution is 5.90. The SMILES string of the molecule is CCN(c1cc2[nH]ncc2cc1N)c1ccccc1F. The summed E-state index contributed by atoms with van der Waals surface area (Å²) in [7, 11) is 0. The van der Waals surface area contributed by atoms with Gasteiger partial charge in [0, 0.05) is 11.9 Å². The van der Waals surface area contributed by atoms with Gasteiger partial charge in [-0.05, 0) is 31.2 Å². The Labute approximate surface area is 116 Å². The summed E-state index contributed by atoms with van der Waals surface area (Å²) in [5.74, 6) is -0.265. The van der Waals surface area contributed by atoms with Gasteiger partial charge in [0.25, 0.3) is 0 Å². The molecule has 1 aromatic heterocycles. The van der Waals surface area contributed by atoms with Crippen molar-refractivity contribution in [3.63, 3.8) is 0 Å². The molecule has 1 heterocycles. The summed E-state index contributed by atoms with van der Waals surface area (Å²) in [6.45, 7) is 2.58. The van der Waals surface area contributed by atoms with E-state index in [1.54, 1.807) is 18.3 Å². The van der Waals surface area contributed by atoms with Crippen LogP contribution in [0.3, 0.4) is 0 Å². The monoisotopic (exact) mass is 270 g/mol. The fourth-order valence-corrected chi connectivity index (χ4v) is 2.37. The van der Waals surface area contributed by atoms with Gasteiger partial charge in [-0.1, -0.05) is 12.1 Å².